The predicted molar refractivity (Wildman–Crippen MR) is 61.0 cm³/mol. The molecule has 0 fully saturated rings. The molecule has 0 bridgehead atoms. The second kappa shape index (κ2) is 5.07. The first-order valence-electron chi connectivity index (χ1n) is 5.36. The highest BCUT2D eigenvalue weighted by Crippen LogP contribution is 2.30. The molecule has 0 saturated heterocycles. The lowest BCUT2D eigenvalue weighted by Gasteiger charge is -2.10. The van der Waals surface area contributed by atoms with Crippen molar-refractivity contribution >= 4 is 11.4 Å². The SMILES string of the molecule is Fc1cc(Nc2ccc(C(F)(F)F)cc2)cc(F)c1F. The maximum absolute atomic E-state index is 13.0. The molecule has 0 aromatic heterocycles. The van der Waals surface area contributed by atoms with Crippen molar-refractivity contribution in [3.63, 3.8) is 0 Å². The Labute approximate surface area is 109 Å². The topological polar surface area (TPSA) is 12.0 Å². The average Bonchev–Trinajstić information content (AvgIpc) is 2.35. The molecule has 20 heavy (non-hydrogen) atoms. The van der Waals surface area contributed by atoms with E-state index in [-0.39, 0.29) is 11.4 Å². The normalized spacial score (nSPS) is 11.5. The maximum atomic E-state index is 13.0. The summed E-state index contributed by atoms with van der Waals surface area (Å²) in [6, 6.07) is 5.24. The lowest BCUT2D eigenvalue weighted by molar-refractivity contribution is -0.137. The van der Waals surface area contributed by atoms with Gasteiger partial charge in [0.25, 0.3) is 0 Å². The molecule has 7 heteroatoms. The molecule has 2 aromatic rings. The number of nitrogens with one attached hydrogen (secondary N) is 1. The van der Waals surface area contributed by atoms with Gasteiger partial charge in [0.05, 0.1) is 5.56 Å². The van der Waals surface area contributed by atoms with Gasteiger partial charge in [-0.05, 0) is 24.3 Å². The zero-order chi connectivity index (χ0) is 14.9. The fourth-order valence-corrected chi connectivity index (χ4v) is 1.54. The van der Waals surface area contributed by atoms with Crippen LogP contribution in [0.3, 0.4) is 0 Å². The van der Waals surface area contributed by atoms with Crippen LogP contribution in [0, 0.1) is 17.5 Å². The Kier molecular flexibility index (Phi) is 3.61. The van der Waals surface area contributed by atoms with Crippen molar-refractivity contribution in [1.29, 1.82) is 0 Å². The molecular weight excluding hydrogens is 284 g/mol. The van der Waals surface area contributed by atoms with Gasteiger partial charge in [-0.15, -0.1) is 0 Å². The van der Waals surface area contributed by atoms with Crippen LogP contribution in [0.15, 0.2) is 36.4 Å². The van der Waals surface area contributed by atoms with Gasteiger partial charge < -0.3 is 5.32 Å². The summed E-state index contributed by atoms with van der Waals surface area (Å²) in [6.07, 6.45) is -4.47. The first-order chi connectivity index (χ1) is 9.27. The van der Waals surface area contributed by atoms with E-state index >= 15 is 0 Å². The lowest BCUT2D eigenvalue weighted by Crippen LogP contribution is -2.04. The summed E-state index contributed by atoms with van der Waals surface area (Å²) < 4.78 is 75.7. The van der Waals surface area contributed by atoms with Crippen LogP contribution in [0.5, 0.6) is 0 Å². The van der Waals surface area contributed by atoms with E-state index in [9.17, 15) is 26.3 Å². The average molecular weight is 291 g/mol. The number of halogens is 6. The van der Waals surface area contributed by atoms with Crippen molar-refractivity contribution in [3.8, 4) is 0 Å². The van der Waals surface area contributed by atoms with Gasteiger partial charge in [0.1, 0.15) is 0 Å². The van der Waals surface area contributed by atoms with Gasteiger partial charge in [0.15, 0.2) is 17.5 Å². The minimum absolute atomic E-state index is 0.110. The van der Waals surface area contributed by atoms with Gasteiger partial charge in [-0.2, -0.15) is 13.2 Å². The number of hydrogen-bond acceptors (Lipinski definition) is 1. The Morgan fingerprint density at radius 1 is 0.750 bits per heavy atom. The largest absolute Gasteiger partial charge is 0.416 e. The van der Waals surface area contributed by atoms with E-state index in [1.54, 1.807) is 0 Å². The minimum atomic E-state index is -4.47. The smallest absolute Gasteiger partial charge is 0.355 e. The van der Waals surface area contributed by atoms with Gasteiger partial charge in [-0.1, -0.05) is 0 Å². The first kappa shape index (κ1) is 14.2. The summed E-state index contributed by atoms with van der Waals surface area (Å²) in [5, 5.41) is 2.48. The molecule has 0 heterocycles. The Morgan fingerprint density at radius 2 is 1.25 bits per heavy atom. The van der Waals surface area contributed by atoms with E-state index in [4.69, 9.17) is 0 Å². The van der Waals surface area contributed by atoms with Crippen LogP contribution < -0.4 is 5.32 Å². The number of rotatable bonds is 2. The van der Waals surface area contributed by atoms with Crippen LogP contribution in [-0.2, 0) is 6.18 Å². The fourth-order valence-electron chi connectivity index (χ4n) is 1.54. The van der Waals surface area contributed by atoms with Crippen molar-refractivity contribution in [2.24, 2.45) is 0 Å². The second-order valence-electron chi connectivity index (χ2n) is 3.95. The van der Waals surface area contributed by atoms with Crippen LogP contribution >= 0.6 is 0 Å². The van der Waals surface area contributed by atoms with Crippen molar-refractivity contribution in [1.82, 2.24) is 0 Å². The third-order valence-electron chi connectivity index (χ3n) is 2.48. The second-order valence-corrected chi connectivity index (χ2v) is 3.95. The molecule has 0 saturated carbocycles. The van der Waals surface area contributed by atoms with Crippen LogP contribution in [0.1, 0.15) is 5.56 Å². The Bertz CT molecular complexity index is 595. The third-order valence-corrected chi connectivity index (χ3v) is 2.48. The third kappa shape index (κ3) is 3.04. The first-order valence-corrected chi connectivity index (χ1v) is 5.36. The standard InChI is InChI=1S/C13H7F6N/c14-10-5-9(6-11(15)12(10)16)20-8-3-1-7(2-4-8)13(17,18)19/h1-6,20H. The Balaban J connectivity index is 2.23. The van der Waals surface area contributed by atoms with Crippen LogP contribution in [0.2, 0.25) is 0 Å². The van der Waals surface area contributed by atoms with Crippen molar-refractivity contribution < 1.29 is 26.3 Å². The van der Waals surface area contributed by atoms with E-state index in [2.05, 4.69) is 5.32 Å². The Hall–Kier alpha value is -2.18. The molecule has 0 aliphatic carbocycles. The molecule has 106 valence electrons. The van der Waals surface area contributed by atoms with Gasteiger partial charge in [-0.25, -0.2) is 13.2 Å². The fraction of sp³-hybridized carbons (Fsp3) is 0.0769. The summed E-state index contributed by atoms with van der Waals surface area (Å²) in [6.45, 7) is 0. The summed E-state index contributed by atoms with van der Waals surface area (Å²) >= 11 is 0. The van der Waals surface area contributed by atoms with Crippen molar-refractivity contribution in [2.75, 3.05) is 5.32 Å². The molecule has 0 aliphatic rings. The van der Waals surface area contributed by atoms with E-state index in [1.165, 1.54) is 0 Å². The predicted octanol–water partition coefficient (Wildman–Crippen LogP) is 4.87. The van der Waals surface area contributed by atoms with E-state index in [0.717, 1.165) is 24.3 Å². The van der Waals surface area contributed by atoms with E-state index in [0.29, 0.717) is 12.1 Å². The van der Waals surface area contributed by atoms with Crippen LogP contribution in [0.4, 0.5) is 37.7 Å². The van der Waals surface area contributed by atoms with E-state index < -0.39 is 29.2 Å². The summed E-state index contributed by atoms with van der Waals surface area (Å²) in [4.78, 5) is 0. The summed E-state index contributed by atoms with van der Waals surface area (Å²) in [7, 11) is 0. The van der Waals surface area contributed by atoms with Crippen molar-refractivity contribution in [3.05, 3.63) is 59.4 Å². The van der Waals surface area contributed by atoms with Gasteiger partial charge >= 0.3 is 6.18 Å². The number of alkyl halides is 3. The number of anilines is 2. The number of benzene rings is 2. The molecule has 2 aromatic carbocycles. The molecular formula is C13H7F6N. The molecule has 2 rings (SSSR count). The van der Waals surface area contributed by atoms with Crippen LogP contribution in [-0.4, -0.2) is 0 Å². The molecule has 0 atom stereocenters. The van der Waals surface area contributed by atoms with Crippen molar-refractivity contribution in [2.45, 2.75) is 6.18 Å². The molecule has 1 nitrogen and oxygen atoms in total. The monoisotopic (exact) mass is 291 g/mol. The van der Waals surface area contributed by atoms with E-state index in [1.807, 2.05) is 0 Å². The zero-order valence-corrected chi connectivity index (χ0v) is 9.73. The highest BCUT2D eigenvalue weighted by molar-refractivity contribution is 5.60. The summed E-state index contributed by atoms with van der Waals surface area (Å²) in [5.74, 6) is -4.39. The number of hydrogen-bond donors (Lipinski definition) is 1. The maximum Gasteiger partial charge on any atom is 0.416 e. The zero-order valence-electron chi connectivity index (χ0n) is 9.73. The lowest BCUT2D eigenvalue weighted by atomic mass is 10.2. The molecule has 0 spiro atoms. The highest BCUT2D eigenvalue weighted by Gasteiger charge is 2.29. The summed E-state index contributed by atoms with van der Waals surface area (Å²) in [5.41, 5.74) is -0.774. The van der Waals surface area contributed by atoms with Crippen LogP contribution in [0.25, 0.3) is 0 Å². The molecule has 0 radical (unpaired) electrons. The van der Waals surface area contributed by atoms with Gasteiger partial charge in [0.2, 0.25) is 0 Å². The molecule has 0 unspecified atom stereocenters. The minimum Gasteiger partial charge on any atom is -0.355 e. The molecule has 1 N–H and O–H groups in total. The highest BCUT2D eigenvalue weighted by atomic mass is 19.4. The molecule has 0 aliphatic heterocycles. The molecule has 0 amide bonds. The quantitative estimate of drug-likeness (QED) is 0.615. The van der Waals surface area contributed by atoms with Gasteiger partial charge in [-0.3, -0.25) is 0 Å². The Morgan fingerprint density at radius 3 is 1.70 bits per heavy atom. The van der Waals surface area contributed by atoms with Gasteiger partial charge in [0, 0.05) is 23.5 Å².